The molecule has 14 rings (SSSR count). The van der Waals surface area contributed by atoms with Crippen molar-refractivity contribution < 1.29 is 0 Å². The standard InChI is InChI=1S/C64H39NSe/c1-3-18-40(19-4-1)60-47-23-7-9-25-49(47)62(50-26-10-8-24-48(50)60)42-35-37-46-55-31-17-32-56(64(55)66-59(46)39-42)63-53-29-13-11-27-51(53)61(52-28-12-14-30-54(52)63)41-34-36-45-44-22-15-16-33-57(44)65(58(45)38-41)43-20-5-2-6-21-43/h1-39H. The molecule has 0 atom stereocenters. The molecule has 0 saturated carbocycles. The molecule has 2 heterocycles. The Morgan fingerprint density at radius 3 is 1.26 bits per heavy atom. The molecule has 0 saturated heterocycles. The van der Waals surface area contributed by atoms with E-state index in [2.05, 4.69) is 241 Å². The molecule has 2 heteroatoms. The molecule has 0 radical (unpaired) electrons. The summed E-state index contributed by atoms with van der Waals surface area (Å²) in [5.41, 5.74) is 13.9. The predicted octanol–water partition coefficient (Wildman–Crippen LogP) is 17.4. The number of hydrogen-bond acceptors (Lipinski definition) is 0. The number of aromatic nitrogens is 1. The minimum absolute atomic E-state index is 0.0869. The molecule has 1 nitrogen and oxygen atoms in total. The first-order valence-corrected chi connectivity index (χ1v) is 24.5. The van der Waals surface area contributed by atoms with Crippen molar-refractivity contribution in [2.75, 3.05) is 0 Å². The van der Waals surface area contributed by atoms with E-state index >= 15 is 0 Å². The third-order valence-electron chi connectivity index (χ3n) is 14.0. The van der Waals surface area contributed by atoms with Crippen LogP contribution < -0.4 is 0 Å². The van der Waals surface area contributed by atoms with E-state index in [0.717, 1.165) is 0 Å². The van der Waals surface area contributed by atoms with Gasteiger partial charge in [0.2, 0.25) is 0 Å². The van der Waals surface area contributed by atoms with E-state index in [1.54, 1.807) is 0 Å². The van der Waals surface area contributed by atoms with Crippen LogP contribution >= 0.6 is 0 Å². The minimum atomic E-state index is 0.0869. The average molecular weight is 901 g/mol. The number of nitrogens with zero attached hydrogens (tertiary/aromatic N) is 1. The zero-order valence-electron chi connectivity index (χ0n) is 35.9. The van der Waals surface area contributed by atoms with Crippen molar-refractivity contribution in [1.29, 1.82) is 0 Å². The Bertz CT molecular complexity index is 4160. The summed E-state index contributed by atoms with van der Waals surface area (Å²) in [7, 11) is 0. The summed E-state index contributed by atoms with van der Waals surface area (Å²) in [6.45, 7) is 0. The number of rotatable bonds is 5. The molecule has 0 aliphatic rings. The van der Waals surface area contributed by atoms with Gasteiger partial charge in [0.25, 0.3) is 0 Å². The SMILES string of the molecule is c1ccc(-c2c3ccccc3c(-c3ccc4c(c3)[se]c3c(-c5c6ccccc6c(-c6ccc7c8ccccc8n(-c8ccccc8)c7c6)c6ccccc56)cccc34)c3ccccc23)cc1. The van der Waals surface area contributed by atoms with Crippen LogP contribution in [0.25, 0.3) is 134 Å². The maximum atomic E-state index is 2.51. The summed E-state index contributed by atoms with van der Waals surface area (Å²) in [6, 6.07) is 88.1. The van der Waals surface area contributed by atoms with Crippen molar-refractivity contribution in [3.8, 4) is 50.2 Å². The van der Waals surface area contributed by atoms with Gasteiger partial charge in [-0.1, -0.05) is 30.3 Å². The van der Waals surface area contributed by atoms with Gasteiger partial charge in [-0.25, -0.2) is 0 Å². The fourth-order valence-corrected chi connectivity index (χ4v) is 13.9. The quantitative estimate of drug-likeness (QED) is 0.120. The number of benzene rings is 12. The van der Waals surface area contributed by atoms with E-state index < -0.39 is 0 Å². The molecule has 0 unspecified atom stereocenters. The summed E-state index contributed by atoms with van der Waals surface area (Å²) >= 11 is 0.0869. The summed E-state index contributed by atoms with van der Waals surface area (Å²) in [4.78, 5) is 0. The number of para-hydroxylation sites is 2. The summed E-state index contributed by atoms with van der Waals surface area (Å²) in [5.74, 6) is 0. The van der Waals surface area contributed by atoms with Gasteiger partial charge in [0.05, 0.1) is 0 Å². The molecular formula is C64H39NSe. The Labute approximate surface area is 387 Å². The van der Waals surface area contributed by atoms with Gasteiger partial charge in [-0.2, -0.15) is 0 Å². The number of hydrogen-bond donors (Lipinski definition) is 0. The molecular weight excluding hydrogens is 862 g/mol. The van der Waals surface area contributed by atoms with Crippen LogP contribution in [0.5, 0.6) is 0 Å². The summed E-state index contributed by atoms with van der Waals surface area (Å²) in [6.07, 6.45) is 0. The molecule has 0 spiro atoms. The van der Waals surface area contributed by atoms with E-state index in [0.29, 0.717) is 0 Å². The monoisotopic (exact) mass is 901 g/mol. The van der Waals surface area contributed by atoms with Gasteiger partial charge in [-0.15, -0.1) is 0 Å². The van der Waals surface area contributed by atoms with Gasteiger partial charge < -0.3 is 0 Å². The van der Waals surface area contributed by atoms with Crippen LogP contribution in [0.3, 0.4) is 0 Å². The van der Waals surface area contributed by atoms with Crippen molar-refractivity contribution in [1.82, 2.24) is 4.57 Å². The van der Waals surface area contributed by atoms with Crippen LogP contribution in [0.4, 0.5) is 0 Å². The van der Waals surface area contributed by atoms with Crippen LogP contribution in [0.2, 0.25) is 0 Å². The summed E-state index contributed by atoms with van der Waals surface area (Å²) in [5, 5.41) is 15.5. The molecule has 0 fully saturated rings. The van der Waals surface area contributed by atoms with Gasteiger partial charge in [-0.05, 0) is 0 Å². The van der Waals surface area contributed by atoms with Gasteiger partial charge >= 0.3 is 360 Å². The first kappa shape index (κ1) is 37.4. The fourth-order valence-electron chi connectivity index (χ4n) is 11.2. The predicted molar refractivity (Wildman–Crippen MR) is 285 cm³/mol. The third kappa shape index (κ3) is 5.53. The van der Waals surface area contributed by atoms with Gasteiger partial charge in [-0.3, -0.25) is 0 Å². The zero-order valence-corrected chi connectivity index (χ0v) is 37.6. The van der Waals surface area contributed by atoms with E-state index in [9.17, 15) is 0 Å². The molecule has 0 bridgehead atoms. The van der Waals surface area contributed by atoms with Gasteiger partial charge in [0, 0.05) is 0 Å². The molecule has 0 aliphatic carbocycles. The van der Waals surface area contributed by atoms with Crippen molar-refractivity contribution in [3.63, 3.8) is 0 Å². The topological polar surface area (TPSA) is 4.93 Å². The van der Waals surface area contributed by atoms with Crippen LogP contribution in [0.15, 0.2) is 237 Å². The Morgan fingerprint density at radius 2 is 0.682 bits per heavy atom. The van der Waals surface area contributed by atoms with Crippen molar-refractivity contribution in [2.24, 2.45) is 0 Å². The normalized spacial score (nSPS) is 11.9. The van der Waals surface area contributed by atoms with E-state index in [4.69, 9.17) is 0 Å². The summed E-state index contributed by atoms with van der Waals surface area (Å²) < 4.78 is 5.33. The molecule has 66 heavy (non-hydrogen) atoms. The second-order valence-electron chi connectivity index (χ2n) is 17.5. The second-order valence-corrected chi connectivity index (χ2v) is 19.7. The van der Waals surface area contributed by atoms with E-state index in [-0.39, 0.29) is 14.5 Å². The van der Waals surface area contributed by atoms with Crippen LogP contribution in [-0.2, 0) is 0 Å². The molecule has 2 aromatic heterocycles. The first-order chi connectivity index (χ1) is 32.8. The average Bonchev–Trinajstić information content (AvgIpc) is 3.93. The van der Waals surface area contributed by atoms with E-state index in [1.807, 2.05) is 0 Å². The molecule has 0 aliphatic heterocycles. The second kappa shape index (κ2) is 14.8. The molecule has 12 aromatic carbocycles. The first-order valence-electron chi connectivity index (χ1n) is 22.8. The van der Waals surface area contributed by atoms with Crippen LogP contribution in [0.1, 0.15) is 0 Å². The van der Waals surface area contributed by atoms with Crippen LogP contribution in [-0.4, -0.2) is 19.1 Å². The Morgan fingerprint density at radius 1 is 0.258 bits per heavy atom. The molecule has 0 N–H and O–H groups in total. The number of fused-ring (bicyclic) bond motifs is 10. The molecule has 306 valence electrons. The molecule has 14 aromatic rings. The Balaban J connectivity index is 0.988. The van der Waals surface area contributed by atoms with Crippen molar-refractivity contribution >= 4 is 98.7 Å². The zero-order chi connectivity index (χ0) is 43.3. The van der Waals surface area contributed by atoms with E-state index in [1.165, 1.54) is 134 Å². The van der Waals surface area contributed by atoms with Crippen molar-refractivity contribution in [3.05, 3.63) is 237 Å². The molecule has 0 amide bonds. The maximum absolute atomic E-state index is 2.51. The van der Waals surface area contributed by atoms with Gasteiger partial charge in [0.1, 0.15) is 0 Å². The van der Waals surface area contributed by atoms with Crippen LogP contribution in [0, 0.1) is 0 Å². The Kier molecular flexibility index (Phi) is 8.37. The van der Waals surface area contributed by atoms with Gasteiger partial charge in [0.15, 0.2) is 0 Å². The third-order valence-corrected chi connectivity index (χ3v) is 16.5. The fraction of sp³-hybridized carbons (Fsp3) is 0. The van der Waals surface area contributed by atoms with Crippen molar-refractivity contribution in [2.45, 2.75) is 0 Å². The Hall–Kier alpha value is -8.00.